The van der Waals surface area contributed by atoms with Crippen molar-refractivity contribution in [1.82, 2.24) is 0 Å². The fourth-order valence-corrected chi connectivity index (χ4v) is 189. The number of fused-ring (bicyclic) bond motifs is 10. The van der Waals surface area contributed by atoms with E-state index in [4.69, 9.17) is 125 Å². The van der Waals surface area contributed by atoms with Gasteiger partial charge in [-0.05, 0) is 385 Å². The number of hydrogen-bond acceptors (Lipinski definition) is 30. The topological polar surface area (TPSA) is 138 Å². The van der Waals surface area contributed by atoms with Crippen molar-refractivity contribution in [2.24, 2.45) is 65.1 Å². The van der Waals surface area contributed by atoms with E-state index in [0.717, 1.165) is 109 Å². The summed E-state index contributed by atoms with van der Waals surface area (Å²) in [5.74, 6) is 4.39. The van der Waals surface area contributed by atoms with Gasteiger partial charge in [0.25, 0.3) is 0 Å². The number of thiol groups is 5. The second-order valence-corrected chi connectivity index (χ2v) is 102. The molecule has 10 aliphatic carbocycles. The van der Waals surface area contributed by atoms with Gasteiger partial charge < -0.3 is 66.4 Å². The van der Waals surface area contributed by atoms with E-state index >= 15 is 0 Å². The zero-order valence-electron chi connectivity index (χ0n) is 72.7. The second kappa shape index (κ2) is 47.1. The average Bonchev–Trinajstić information content (AvgIpc) is 1.59. The van der Waals surface area contributed by atoms with Gasteiger partial charge >= 0.3 is 39.8 Å². The summed E-state index contributed by atoms with van der Waals surface area (Å²) in [5, 5.41) is 0.148. The summed E-state index contributed by atoms with van der Waals surface area (Å²) < 4.78 is 117. The molecule has 0 saturated heterocycles. The second-order valence-electron chi connectivity index (χ2n) is 32.9. The molecule has 0 N–H and O–H groups in total. The molecule has 10 rings (SSSR count). The molecule has 0 aromatic heterocycles. The Morgan fingerprint density at radius 3 is 0.696 bits per heavy atom. The predicted octanol–water partition coefficient (Wildman–Crippen LogP) is 28.0. The molecule has 10 fully saturated rings. The van der Waals surface area contributed by atoms with Crippen molar-refractivity contribution in [2.75, 3.05) is 99.1 Å². The van der Waals surface area contributed by atoms with E-state index in [1.54, 1.807) is 0 Å². The maximum atomic E-state index is 8.05. The third-order valence-corrected chi connectivity index (χ3v) is 141. The maximum Gasteiger partial charge on any atom is 0.583 e. The lowest BCUT2D eigenvalue weighted by molar-refractivity contribution is 0.0963. The molecule has 10 aliphatic rings. The molecule has 0 aliphatic heterocycles. The van der Waals surface area contributed by atoms with Gasteiger partial charge in [0.2, 0.25) is 0 Å². The zero-order chi connectivity index (χ0) is 83.4. The predicted molar refractivity (Wildman–Crippen MR) is 552 cm³/mol. The van der Waals surface area contributed by atoms with Crippen LogP contribution >= 0.6 is 199 Å². The van der Waals surface area contributed by atoms with Crippen LogP contribution < -0.4 is 0 Å². The van der Waals surface area contributed by atoms with E-state index in [9.17, 15) is 0 Å². The Morgan fingerprint density at radius 1 is 0.287 bits per heavy atom. The zero-order valence-corrected chi connectivity index (χ0v) is 94.4. The van der Waals surface area contributed by atoms with Crippen molar-refractivity contribution in [1.29, 1.82) is 0 Å². The first-order valence-corrected chi connectivity index (χ1v) is 83.7. The molecule has 0 heterocycles. The molecule has 0 aromatic rings. The quantitative estimate of drug-likeness (QED) is 0.0224. The van der Waals surface area contributed by atoms with Crippen molar-refractivity contribution < 1.29 is 66.4 Å². The summed E-state index contributed by atoms with van der Waals surface area (Å²) in [5.41, 5.74) is 0. The minimum Gasteiger partial charge on any atom is -0.365 e. The molecule has 10 saturated carbocycles. The molecule has 0 spiro atoms. The van der Waals surface area contributed by atoms with E-state index in [-0.39, 0.29) is 31.5 Å². The molecule has 15 nitrogen and oxygen atoms in total. The van der Waals surface area contributed by atoms with Gasteiger partial charge in [0.1, 0.15) is 3.41 Å². The lowest BCUT2D eigenvalue weighted by Gasteiger charge is -2.84. The van der Waals surface area contributed by atoms with Crippen LogP contribution in [0.5, 0.6) is 0 Å². The molecular formula is C75H152O15S20Si5. The van der Waals surface area contributed by atoms with Gasteiger partial charge in [-0.3, -0.25) is 0 Å². The molecule has 40 heteroatoms. The number of rotatable bonds is 61. The van der Waals surface area contributed by atoms with Crippen LogP contribution in [0.3, 0.4) is 0 Å². The first-order chi connectivity index (χ1) is 55.4. The Balaban J connectivity index is 1.73. The Morgan fingerprint density at radius 2 is 0.504 bits per heavy atom. The van der Waals surface area contributed by atoms with E-state index < -0.39 is 88.4 Å². The van der Waals surface area contributed by atoms with E-state index in [0.29, 0.717) is 164 Å². The van der Waals surface area contributed by atoms with Gasteiger partial charge in [-0.1, -0.05) is 52.4 Å². The smallest absolute Gasteiger partial charge is 0.365 e. The van der Waals surface area contributed by atoms with Crippen molar-refractivity contribution in [3.63, 3.8) is 0 Å². The average molecular weight is 2080 g/mol. The molecule has 0 amide bonds. The lowest BCUT2D eigenvalue weighted by atomic mass is 9.96. The van der Waals surface area contributed by atoms with Crippen LogP contribution in [0.15, 0.2) is 0 Å². The fourth-order valence-electron chi connectivity index (χ4n) is 22.9. The van der Waals surface area contributed by atoms with Crippen LogP contribution in [0.4, 0.5) is 0 Å². The van der Waals surface area contributed by atoms with Crippen molar-refractivity contribution >= 4 is 239 Å². The highest BCUT2D eigenvalue weighted by molar-refractivity contribution is 9.54. The summed E-state index contributed by atoms with van der Waals surface area (Å²) in [7, 11) is -14.8. The summed E-state index contributed by atoms with van der Waals surface area (Å²) in [6.07, 6.45) is 25.4. The first kappa shape index (κ1) is 105. The van der Waals surface area contributed by atoms with Crippen molar-refractivity contribution in [2.45, 2.75) is 312 Å². The first-order valence-electron chi connectivity index (χ1n) is 44.3. The van der Waals surface area contributed by atoms with E-state index in [2.05, 4.69) is 176 Å². The summed E-state index contributed by atoms with van der Waals surface area (Å²) in [6.45, 7) is 47.0. The Kier molecular flexibility index (Phi) is 42.8. The van der Waals surface area contributed by atoms with E-state index in [1.807, 2.05) is 49.1 Å². The Hall–Kier alpha value is 7.48. The third kappa shape index (κ3) is 20.4. The van der Waals surface area contributed by atoms with E-state index in [1.165, 1.54) is 38.5 Å². The largest absolute Gasteiger partial charge is 0.583 e. The van der Waals surface area contributed by atoms with Crippen LogP contribution in [0.25, 0.3) is 0 Å². The molecule has 115 heavy (non-hydrogen) atoms. The summed E-state index contributed by atoms with van der Waals surface area (Å²) in [6, 6.07) is 0. The van der Waals surface area contributed by atoms with Crippen molar-refractivity contribution in [3.05, 3.63) is 0 Å². The maximum absolute atomic E-state index is 8.05. The molecule has 0 aromatic carbocycles. The van der Waals surface area contributed by atoms with Gasteiger partial charge in [0, 0.05) is 131 Å². The van der Waals surface area contributed by atoms with Crippen LogP contribution in [0.1, 0.15) is 272 Å². The SMILES string of the molecule is CCO[Si](OCC)(OCC)SS(SS)(C1CC2CCC1C2)C(CCC(C)CC)C(C)(C(S(SS)(S[Si](OCC)(OCC)OCC)C1CC2CCC1C2)(S(SS)(S[Si](OCC)(OCC)OCC)C1CC2CCC1C2)S(SS)(S[Si](OCC)(OCC)OCC)C1CC2CCC1C2)S(SS)(S[Si](OCC)(OCC)OCC)C1CC2CCC1C2. The van der Waals surface area contributed by atoms with Crippen molar-refractivity contribution in [3.8, 4) is 0 Å². The number of hydrogen-bond donors (Lipinski definition) is 5. The van der Waals surface area contributed by atoms with Crippen LogP contribution in [0, 0.1) is 65.1 Å². The minimum atomic E-state index is -4.18. The standard InChI is InChI=1S/C75H152O15S20Si5/c1-19-57(17)35-46-73(106(96-91,68-52-58-36-41-63(68)47-58)101-111(76-20-2,77-21-3)78-22-4)74(18,107(97-92,69-53-59-37-42-64(69)48-59)102-112(79-23-5,80-24-6)81-25-7)75(108(98-93,70-54-60-38-43-65(70)49-60)103-113(82-26-8,83-27-9)84-28-10,109(99-94,71-55-61-39-44-66(71)50-61)104-114(85-29-11,86-30-12)87-31-13)110(100-95,72-56-62-40-45-67(72)51-62)105-115(88-32-14,89-33-15)90-34-16/h57-73,91-95H,19-56H2,1-18H3. The highest BCUT2D eigenvalue weighted by Crippen LogP contribution is 3.16. The Labute approximate surface area is 772 Å². The van der Waals surface area contributed by atoms with Gasteiger partial charge in [0.15, 0.2) is 0 Å². The molecule has 23 atom stereocenters. The normalized spacial score (nSPS) is 33.6. The lowest BCUT2D eigenvalue weighted by Crippen LogP contribution is -2.71. The minimum absolute atomic E-state index is 0.0380. The molecular weight excluding hydrogens is 1920 g/mol. The van der Waals surface area contributed by atoms with Crippen LogP contribution in [-0.4, -0.2) is 179 Å². The third-order valence-electron chi connectivity index (χ3n) is 26.8. The summed E-state index contributed by atoms with van der Waals surface area (Å²) >= 11 is 33.7. The van der Waals surface area contributed by atoms with Gasteiger partial charge in [-0.25, -0.2) is 0 Å². The monoisotopic (exact) mass is 2070 g/mol. The van der Waals surface area contributed by atoms with Gasteiger partial charge in [0.05, 0.1) is 4.75 Å². The van der Waals surface area contributed by atoms with Gasteiger partial charge in [-0.15, -0.1) is 98.8 Å². The Bertz CT molecular complexity index is 2710. The van der Waals surface area contributed by atoms with Crippen LogP contribution in [0.2, 0.25) is 0 Å². The molecule has 10 bridgehead atoms. The highest BCUT2D eigenvalue weighted by atomic mass is 33.8. The molecule has 0 radical (unpaired) electrons. The molecule has 682 valence electrons. The fraction of sp³-hybridized carbons (Fsp3) is 1.00. The van der Waals surface area contributed by atoms with Gasteiger partial charge in [-0.2, -0.15) is 0 Å². The highest BCUT2D eigenvalue weighted by Gasteiger charge is 2.91. The molecule has 23 unspecified atom stereocenters. The van der Waals surface area contributed by atoms with Crippen LogP contribution in [-0.2, 0) is 66.4 Å². The summed E-state index contributed by atoms with van der Waals surface area (Å²) in [4.78, 5) is 0.